The molecule has 14 heavy (non-hydrogen) atoms. The lowest BCUT2D eigenvalue weighted by atomic mass is 9.76. The maximum Gasteiger partial charge on any atom is 0.0586 e. The van der Waals surface area contributed by atoms with Crippen LogP contribution in [-0.2, 0) is 10.2 Å². The Kier molecular flexibility index (Phi) is 2.77. The predicted molar refractivity (Wildman–Crippen MR) is 55.7 cm³/mol. The van der Waals surface area contributed by atoms with Crippen LogP contribution in [0, 0.1) is 0 Å². The Morgan fingerprint density at radius 2 is 1.93 bits per heavy atom. The third kappa shape index (κ3) is 1.65. The molecule has 1 heterocycles. The van der Waals surface area contributed by atoms with Crippen molar-refractivity contribution < 1.29 is 9.84 Å². The van der Waals surface area contributed by atoms with Gasteiger partial charge in [-0.15, -0.1) is 0 Å². The van der Waals surface area contributed by atoms with E-state index in [1.807, 2.05) is 24.3 Å². The van der Waals surface area contributed by atoms with Gasteiger partial charge >= 0.3 is 0 Å². The van der Waals surface area contributed by atoms with E-state index in [1.54, 1.807) is 0 Å². The first kappa shape index (κ1) is 9.97. The molecule has 0 amide bonds. The zero-order valence-electron chi connectivity index (χ0n) is 7.87. The third-order valence-corrected chi connectivity index (χ3v) is 3.06. The van der Waals surface area contributed by atoms with Gasteiger partial charge in [-0.1, -0.05) is 23.7 Å². The minimum Gasteiger partial charge on any atom is -0.396 e. The summed E-state index contributed by atoms with van der Waals surface area (Å²) in [7, 11) is 0. The highest BCUT2D eigenvalue weighted by Gasteiger charge is 2.39. The third-order valence-electron chi connectivity index (χ3n) is 2.80. The Morgan fingerprint density at radius 1 is 1.29 bits per heavy atom. The molecule has 0 bridgehead atoms. The monoisotopic (exact) mass is 212 g/mol. The molecule has 1 aromatic rings. The van der Waals surface area contributed by atoms with Crippen molar-refractivity contribution >= 4 is 11.6 Å². The van der Waals surface area contributed by atoms with Crippen molar-refractivity contribution in [3.8, 4) is 0 Å². The summed E-state index contributed by atoms with van der Waals surface area (Å²) < 4.78 is 5.23. The standard InChI is InChI=1S/C11H13ClO2/c12-10-3-1-9(2-4-10)11(5-6-13)7-14-8-11/h1-4,13H,5-8H2. The first-order chi connectivity index (χ1) is 6.77. The fraction of sp³-hybridized carbons (Fsp3) is 0.455. The Balaban J connectivity index is 2.23. The number of hydrogen-bond acceptors (Lipinski definition) is 2. The van der Waals surface area contributed by atoms with Crippen molar-refractivity contribution in [2.24, 2.45) is 0 Å². The summed E-state index contributed by atoms with van der Waals surface area (Å²) >= 11 is 5.82. The van der Waals surface area contributed by atoms with Crippen LogP contribution in [0.3, 0.4) is 0 Å². The van der Waals surface area contributed by atoms with E-state index in [1.165, 1.54) is 5.56 Å². The molecule has 1 fully saturated rings. The van der Waals surface area contributed by atoms with Crippen molar-refractivity contribution in [2.75, 3.05) is 19.8 Å². The summed E-state index contributed by atoms with van der Waals surface area (Å²) in [5, 5.41) is 9.74. The quantitative estimate of drug-likeness (QED) is 0.831. The topological polar surface area (TPSA) is 29.5 Å². The van der Waals surface area contributed by atoms with Gasteiger partial charge in [0.25, 0.3) is 0 Å². The van der Waals surface area contributed by atoms with Crippen LogP contribution in [0.4, 0.5) is 0 Å². The molecule has 0 spiro atoms. The van der Waals surface area contributed by atoms with E-state index in [9.17, 15) is 0 Å². The maximum atomic E-state index is 9.00. The first-order valence-electron chi connectivity index (χ1n) is 4.71. The molecule has 1 aromatic carbocycles. The lowest BCUT2D eigenvalue weighted by Crippen LogP contribution is -2.47. The summed E-state index contributed by atoms with van der Waals surface area (Å²) in [5.41, 5.74) is 1.24. The Morgan fingerprint density at radius 3 is 2.36 bits per heavy atom. The number of aliphatic hydroxyl groups is 1. The number of ether oxygens (including phenoxy) is 1. The lowest BCUT2D eigenvalue weighted by molar-refractivity contribution is -0.0700. The number of benzene rings is 1. The van der Waals surface area contributed by atoms with Crippen molar-refractivity contribution in [3.05, 3.63) is 34.9 Å². The van der Waals surface area contributed by atoms with Gasteiger partial charge < -0.3 is 9.84 Å². The second kappa shape index (κ2) is 3.89. The normalized spacial score (nSPS) is 19.0. The van der Waals surface area contributed by atoms with Crippen LogP contribution in [0.1, 0.15) is 12.0 Å². The summed E-state index contributed by atoms with van der Waals surface area (Å²) in [6.07, 6.45) is 0.759. The minimum atomic E-state index is 0.0271. The van der Waals surface area contributed by atoms with Gasteiger partial charge in [-0.05, 0) is 24.1 Å². The lowest BCUT2D eigenvalue weighted by Gasteiger charge is -2.41. The van der Waals surface area contributed by atoms with Gasteiger partial charge in [0.2, 0.25) is 0 Å². The average Bonchev–Trinajstić information content (AvgIpc) is 2.13. The Hall–Kier alpha value is -0.570. The first-order valence-corrected chi connectivity index (χ1v) is 5.09. The van der Waals surface area contributed by atoms with Gasteiger partial charge in [0.05, 0.1) is 13.2 Å². The van der Waals surface area contributed by atoms with E-state index in [0.717, 1.165) is 11.4 Å². The van der Waals surface area contributed by atoms with Crippen LogP contribution >= 0.6 is 11.6 Å². The van der Waals surface area contributed by atoms with Crippen LogP contribution in [-0.4, -0.2) is 24.9 Å². The molecule has 0 unspecified atom stereocenters. The zero-order chi connectivity index (χ0) is 10.0. The highest BCUT2D eigenvalue weighted by atomic mass is 35.5. The molecule has 2 rings (SSSR count). The van der Waals surface area contributed by atoms with Gasteiger partial charge in [-0.2, -0.15) is 0 Å². The second-order valence-corrected chi connectivity index (χ2v) is 4.19. The molecule has 0 saturated carbocycles. The van der Waals surface area contributed by atoms with Crippen molar-refractivity contribution in [1.29, 1.82) is 0 Å². The molecular formula is C11H13ClO2. The van der Waals surface area contributed by atoms with Crippen LogP contribution in [0.2, 0.25) is 5.02 Å². The van der Waals surface area contributed by atoms with E-state index in [2.05, 4.69) is 0 Å². The molecule has 76 valence electrons. The Labute approximate surface area is 88.5 Å². The largest absolute Gasteiger partial charge is 0.396 e. The predicted octanol–water partition coefficient (Wildman–Crippen LogP) is 1.99. The second-order valence-electron chi connectivity index (χ2n) is 3.75. The van der Waals surface area contributed by atoms with Crippen LogP contribution in [0.25, 0.3) is 0 Å². The molecule has 2 nitrogen and oxygen atoms in total. The summed E-state index contributed by atoms with van der Waals surface area (Å²) in [6, 6.07) is 7.80. The van der Waals surface area contributed by atoms with Crippen LogP contribution in [0.5, 0.6) is 0 Å². The van der Waals surface area contributed by atoms with Crippen molar-refractivity contribution in [2.45, 2.75) is 11.8 Å². The highest BCUT2D eigenvalue weighted by molar-refractivity contribution is 6.30. The summed E-state index contributed by atoms with van der Waals surface area (Å²) in [5.74, 6) is 0. The molecule has 1 saturated heterocycles. The van der Waals surface area contributed by atoms with Gasteiger partial charge in [0, 0.05) is 17.0 Å². The van der Waals surface area contributed by atoms with Crippen LogP contribution in [0.15, 0.2) is 24.3 Å². The fourth-order valence-electron chi connectivity index (χ4n) is 1.82. The van der Waals surface area contributed by atoms with Gasteiger partial charge in [-0.3, -0.25) is 0 Å². The van der Waals surface area contributed by atoms with Gasteiger partial charge in [0.1, 0.15) is 0 Å². The molecule has 0 radical (unpaired) electrons. The molecule has 1 aliphatic heterocycles. The van der Waals surface area contributed by atoms with Crippen LogP contribution < -0.4 is 0 Å². The number of rotatable bonds is 3. The van der Waals surface area contributed by atoms with E-state index >= 15 is 0 Å². The summed E-state index contributed by atoms with van der Waals surface area (Å²) in [4.78, 5) is 0. The minimum absolute atomic E-state index is 0.0271. The molecular weight excluding hydrogens is 200 g/mol. The fourth-order valence-corrected chi connectivity index (χ4v) is 1.95. The highest BCUT2D eigenvalue weighted by Crippen LogP contribution is 2.35. The Bertz CT molecular complexity index is 304. The molecule has 0 atom stereocenters. The SMILES string of the molecule is OCCC1(c2ccc(Cl)cc2)COC1. The molecule has 3 heteroatoms. The smallest absolute Gasteiger partial charge is 0.0586 e. The maximum absolute atomic E-state index is 9.00. The number of hydrogen-bond donors (Lipinski definition) is 1. The number of halogens is 1. The van der Waals surface area contributed by atoms with Crippen molar-refractivity contribution in [1.82, 2.24) is 0 Å². The van der Waals surface area contributed by atoms with Gasteiger partial charge in [-0.25, -0.2) is 0 Å². The molecule has 1 aliphatic rings. The van der Waals surface area contributed by atoms with Crippen molar-refractivity contribution in [3.63, 3.8) is 0 Å². The van der Waals surface area contributed by atoms with E-state index in [-0.39, 0.29) is 12.0 Å². The molecule has 0 aromatic heterocycles. The van der Waals surface area contributed by atoms with Gasteiger partial charge in [0.15, 0.2) is 0 Å². The van der Waals surface area contributed by atoms with E-state index < -0.39 is 0 Å². The molecule has 0 aliphatic carbocycles. The molecule has 1 N–H and O–H groups in total. The van der Waals surface area contributed by atoms with E-state index in [0.29, 0.717) is 13.2 Å². The zero-order valence-corrected chi connectivity index (χ0v) is 8.63. The average molecular weight is 213 g/mol. The number of aliphatic hydroxyl groups excluding tert-OH is 1. The van der Waals surface area contributed by atoms with E-state index in [4.69, 9.17) is 21.4 Å². The summed E-state index contributed by atoms with van der Waals surface area (Å²) in [6.45, 7) is 1.61.